The zero-order chi connectivity index (χ0) is 13.8. The van der Waals surface area contributed by atoms with Gasteiger partial charge in [-0.05, 0) is 37.5 Å². The van der Waals surface area contributed by atoms with E-state index in [1.54, 1.807) is 4.90 Å². The number of hydrogen-bond donors (Lipinski definition) is 2. The molecule has 2 saturated carbocycles. The molecule has 2 fully saturated rings. The van der Waals surface area contributed by atoms with E-state index in [0.29, 0.717) is 12.5 Å². The number of carboxylic acid groups (broad SMARTS) is 1. The average molecular weight is 268 g/mol. The molecule has 2 rings (SSSR count). The normalized spacial score (nSPS) is 26.2. The molecule has 0 aliphatic heterocycles. The van der Waals surface area contributed by atoms with Crippen LogP contribution >= 0.6 is 0 Å². The molecular weight excluding hydrogens is 244 g/mol. The largest absolute Gasteiger partial charge is 0.481 e. The van der Waals surface area contributed by atoms with Gasteiger partial charge >= 0.3 is 12.0 Å². The number of rotatable bonds is 6. The van der Waals surface area contributed by atoms with Crippen molar-refractivity contribution in [3.63, 3.8) is 0 Å². The van der Waals surface area contributed by atoms with Crippen LogP contribution in [0.4, 0.5) is 4.79 Å². The highest BCUT2D eigenvalue weighted by molar-refractivity contribution is 5.76. The van der Waals surface area contributed by atoms with Crippen molar-refractivity contribution in [1.82, 2.24) is 10.2 Å². The summed E-state index contributed by atoms with van der Waals surface area (Å²) >= 11 is 0. The Morgan fingerprint density at radius 3 is 2.53 bits per heavy atom. The van der Waals surface area contributed by atoms with E-state index in [1.165, 1.54) is 19.3 Å². The highest BCUT2D eigenvalue weighted by Gasteiger charge is 2.33. The number of nitrogens with one attached hydrogen (secondary N) is 1. The van der Waals surface area contributed by atoms with Crippen molar-refractivity contribution >= 4 is 12.0 Å². The van der Waals surface area contributed by atoms with Gasteiger partial charge in [-0.1, -0.05) is 13.3 Å². The van der Waals surface area contributed by atoms with Crippen LogP contribution < -0.4 is 5.32 Å². The molecule has 2 N–H and O–H groups in total. The highest BCUT2D eigenvalue weighted by Crippen LogP contribution is 2.30. The van der Waals surface area contributed by atoms with Crippen LogP contribution in [0.5, 0.6) is 0 Å². The van der Waals surface area contributed by atoms with Gasteiger partial charge in [0, 0.05) is 19.1 Å². The van der Waals surface area contributed by atoms with Crippen molar-refractivity contribution in [2.45, 2.75) is 51.5 Å². The van der Waals surface area contributed by atoms with Gasteiger partial charge < -0.3 is 15.3 Å². The summed E-state index contributed by atoms with van der Waals surface area (Å²) in [6, 6.07) is 0.185. The molecule has 0 radical (unpaired) electrons. The molecule has 5 nitrogen and oxygen atoms in total. The van der Waals surface area contributed by atoms with E-state index < -0.39 is 5.97 Å². The minimum absolute atomic E-state index is 0.0321. The third kappa shape index (κ3) is 4.40. The van der Waals surface area contributed by atoms with Gasteiger partial charge in [0.15, 0.2) is 0 Å². The van der Waals surface area contributed by atoms with Crippen molar-refractivity contribution in [2.75, 3.05) is 13.1 Å². The van der Waals surface area contributed by atoms with Crippen molar-refractivity contribution in [3.05, 3.63) is 0 Å². The average Bonchev–Trinajstić information content (AvgIpc) is 3.09. The molecular formula is C14H24N2O3. The van der Waals surface area contributed by atoms with Crippen molar-refractivity contribution in [3.8, 4) is 0 Å². The zero-order valence-corrected chi connectivity index (χ0v) is 11.6. The van der Waals surface area contributed by atoms with Crippen LogP contribution in [0.3, 0.4) is 0 Å². The Bertz CT molecular complexity index is 342. The Morgan fingerprint density at radius 1 is 1.26 bits per heavy atom. The summed E-state index contributed by atoms with van der Waals surface area (Å²) in [7, 11) is 0. The van der Waals surface area contributed by atoms with Gasteiger partial charge in [-0.25, -0.2) is 4.79 Å². The predicted molar refractivity (Wildman–Crippen MR) is 71.9 cm³/mol. The number of aliphatic carboxylic acids is 1. The summed E-state index contributed by atoms with van der Waals surface area (Å²) in [5.41, 5.74) is 0. The second kappa shape index (κ2) is 6.26. The van der Waals surface area contributed by atoms with E-state index in [1.807, 2.05) is 0 Å². The summed E-state index contributed by atoms with van der Waals surface area (Å²) in [4.78, 5) is 24.4. The second-order valence-corrected chi connectivity index (χ2v) is 6.04. The lowest BCUT2D eigenvalue weighted by Gasteiger charge is -2.23. The Labute approximate surface area is 114 Å². The van der Waals surface area contributed by atoms with E-state index in [-0.39, 0.29) is 18.5 Å². The smallest absolute Gasteiger partial charge is 0.317 e. The first-order valence-electron chi connectivity index (χ1n) is 7.32. The van der Waals surface area contributed by atoms with E-state index in [9.17, 15) is 9.59 Å². The molecule has 19 heavy (non-hydrogen) atoms. The molecule has 0 bridgehead atoms. The number of carbonyl (C=O) groups excluding carboxylic acids is 1. The van der Waals surface area contributed by atoms with Crippen LogP contribution in [0, 0.1) is 11.8 Å². The van der Waals surface area contributed by atoms with Crippen LogP contribution in [0.15, 0.2) is 0 Å². The molecule has 2 amide bonds. The van der Waals surface area contributed by atoms with Crippen LogP contribution in [-0.4, -0.2) is 41.1 Å². The van der Waals surface area contributed by atoms with Crippen LogP contribution in [0.2, 0.25) is 0 Å². The lowest BCUT2D eigenvalue weighted by molar-refractivity contribution is -0.137. The minimum Gasteiger partial charge on any atom is -0.481 e. The van der Waals surface area contributed by atoms with E-state index in [4.69, 9.17) is 5.11 Å². The molecule has 0 heterocycles. The summed E-state index contributed by atoms with van der Waals surface area (Å²) in [5.74, 6) is 0.524. The van der Waals surface area contributed by atoms with Crippen molar-refractivity contribution < 1.29 is 14.7 Å². The fraction of sp³-hybridized carbons (Fsp3) is 0.857. The Balaban J connectivity index is 1.74. The quantitative estimate of drug-likeness (QED) is 0.774. The standard InChI is InChI=1S/C14H24N2O3/c1-10-2-3-11(8-10)9-15-14(19)16(12-4-5-12)7-6-13(17)18/h10-12H,2-9H2,1H3,(H,15,19)(H,17,18). The number of nitrogens with zero attached hydrogens (tertiary/aromatic N) is 1. The first kappa shape index (κ1) is 14.2. The van der Waals surface area contributed by atoms with Crippen molar-refractivity contribution in [1.29, 1.82) is 0 Å². The third-order valence-corrected chi connectivity index (χ3v) is 4.16. The molecule has 0 aromatic heterocycles. The number of carboxylic acids is 1. The van der Waals surface area contributed by atoms with Gasteiger partial charge in [0.25, 0.3) is 0 Å². The fourth-order valence-corrected chi connectivity index (χ4v) is 2.90. The van der Waals surface area contributed by atoms with E-state index >= 15 is 0 Å². The molecule has 0 spiro atoms. The van der Waals surface area contributed by atoms with Gasteiger partial charge in [0.1, 0.15) is 0 Å². The van der Waals surface area contributed by atoms with Crippen LogP contribution in [0.1, 0.15) is 45.4 Å². The van der Waals surface area contributed by atoms with Gasteiger partial charge in [-0.3, -0.25) is 4.79 Å². The lowest BCUT2D eigenvalue weighted by atomic mass is 10.1. The van der Waals surface area contributed by atoms with Crippen molar-refractivity contribution in [2.24, 2.45) is 11.8 Å². The molecule has 0 aromatic rings. The Hall–Kier alpha value is -1.26. The minimum atomic E-state index is -0.844. The summed E-state index contributed by atoms with van der Waals surface area (Å²) in [6.07, 6.45) is 5.69. The second-order valence-electron chi connectivity index (χ2n) is 6.04. The van der Waals surface area contributed by atoms with Crippen LogP contribution in [0.25, 0.3) is 0 Å². The maximum atomic E-state index is 12.1. The fourth-order valence-electron chi connectivity index (χ4n) is 2.90. The maximum absolute atomic E-state index is 12.1. The SMILES string of the molecule is CC1CCC(CNC(=O)N(CCC(=O)O)C2CC2)C1. The maximum Gasteiger partial charge on any atom is 0.317 e. The van der Waals surface area contributed by atoms with Gasteiger partial charge in [0.05, 0.1) is 6.42 Å². The lowest BCUT2D eigenvalue weighted by Crippen LogP contribution is -2.43. The third-order valence-electron chi connectivity index (χ3n) is 4.16. The Kier molecular flexibility index (Phi) is 4.66. The first-order chi connectivity index (χ1) is 9.06. The zero-order valence-electron chi connectivity index (χ0n) is 11.6. The molecule has 0 saturated heterocycles. The molecule has 2 unspecified atom stereocenters. The van der Waals surface area contributed by atoms with Gasteiger partial charge in [0.2, 0.25) is 0 Å². The summed E-state index contributed by atoms with van der Waals surface area (Å²) in [6.45, 7) is 3.32. The number of amides is 2. The van der Waals surface area contributed by atoms with Gasteiger partial charge in [-0.2, -0.15) is 0 Å². The molecule has 2 atom stereocenters. The number of carbonyl (C=O) groups is 2. The van der Waals surface area contributed by atoms with E-state index in [2.05, 4.69) is 12.2 Å². The first-order valence-corrected chi connectivity index (χ1v) is 7.32. The monoisotopic (exact) mass is 268 g/mol. The van der Waals surface area contributed by atoms with E-state index in [0.717, 1.165) is 25.3 Å². The van der Waals surface area contributed by atoms with Crippen LogP contribution in [-0.2, 0) is 4.79 Å². The highest BCUT2D eigenvalue weighted by atomic mass is 16.4. The number of hydrogen-bond acceptors (Lipinski definition) is 2. The summed E-state index contributed by atoms with van der Waals surface area (Å²) < 4.78 is 0. The molecule has 2 aliphatic carbocycles. The number of urea groups is 1. The van der Waals surface area contributed by atoms with Gasteiger partial charge in [-0.15, -0.1) is 0 Å². The summed E-state index contributed by atoms with van der Waals surface area (Å²) in [5, 5.41) is 11.7. The molecule has 2 aliphatic rings. The topological polar surface area (TPSA) is 69.6 Å². The predicted octanol–water partition coefficient (Wildman–Crippen LogP) is 2.07. The molecule has 5 heteroatoms. The Morgan fingerprint density at radius 2 is 2.00 bits per heavy atom. The molecule has 0 aromatic carbocycles. The molecule has 108 valence electrons.